The third kappa shape index (κ3) is 5.37. The van der Waals surface area contributed by atoms with E-state index in [2.05, 4.69) is 20.6 Å². The third-order valence-corrected chi connectivity index (χ3v) is 3.80. The summed E-state index contributed by atoms with van der Waals surface area (Å²) in [4.78, 5) is 8.61. The Morgan fingerprint density at radius 3 is 2.92 bits per heavy atom. The van der Waals surface area contributed by atoms with Crippen molar-refractivity contribution < 1.29 is 4.39 Å². The number of aryl methyl sites for hydroxylation is 2. The first-order chi connectivity index (χ1) is 11.6. The number of imidazole rings is 1. The molecule has 0 fully saturated rings. The molecule has 0 saturated carbocycles. The lowest BCUT2D eigenvalue weighted by atomic mass is 10.1. The summed E-state index contributed by atoms with van der Waals surface area (Å²) >= 11 is 0. The van der Waals surface area contributed by atoms with Crippen LogP contribution in [0.15, 0.2) is 41.9 Å². The summed E-state index contributed by atoms with van der Waals surface area (Å²) in [6.07, 6.45) is 6.46. The van der Waals surface area contributed by atoms with E-state index in [0.717, 1.165) is 31.0 Å². The van der Waals surface area contributed by atoms with Gasteiger partial charge in [-0.2, -0.15) is 0 Å². The van der Waals surface area contributed by atoms with Crippen LogP contribution in [0.4, 0.5) is 4.39 Å². The van der Waals surface area contributed by atoms with Crippen LogP contribution >= 0.6 is 0 Å². The lowest BCUT2D eigenvalue weighted by Crippen LogP contribution is -2.38. The van der Waals surface area contributed by atoms with Crippen LogP contribution in [0.5, 0.6) is 0 Å². The molecule has 24 heavy (non-hydrogen) atoms. The summed E-state index contributed by atoms with van der Waals surface area (Å²) in [6, 6.07) is 5.30. The first-order valence-corrected chi connectivity index (χ1v) is 8.36. The van der Waals surface area contributed by atoms with Gasteiger partial charge >= 0.3 is 0 Å². The Kier molecular flexibility index (Phi) is 6.78. The molecule has 130 valence electrons. The van der Waals surface area contributed by atoms with Gasteiger partial charge in [-0.1, -0.05) is 12.1 Å². The van der Waals surface area contributed by atoms with Crippen LogP contribution in [0.25, 0.3) is 0 Å². The normalized spacial score (nSPS) is 12.9. The fourth-order valence-corrected chi connectivity index (χ4v) is 2.35. The summed E-state index contributed by atoms with van der Waals surface area (Å²) in [7, 11) is 0. The molecule has 0 aliphatic rings. The quantitative estimate of drug-likeness (QED) is 0.466. The maximum atomic E-state index is 13.7. The van der Waals surface area contributed by atoms with E-state index in [1.807, 2.05) is 30.7 Å². The van der Waals surface area contributed by atoms with Crippen molar-refractivity contribution in [2.24, 2.45) is 4.99 Å². The first-order valence-electron chi connectivity index (χ1n) is 8.36. The van der Waals surface area contributed by atoms with Crippen molar-refractivity contribution in [2.75, 3.05) is 13.1 Å². The standard InChI is InChI=1S/C18H26FN5/c1-4-21-18(22-8-5-10-24-11-9-20-13-24)23-15(3)16-7-6-14(2)17(19)12-16/h6-7,9,11-13,15H,4-5,8,10H2,1-3H3,(H2,21,22,23). The molecular formula is C18H26FN5. The number of aromatic nitrogens is 2. The highest BCUT2D eigenvalue weighted by atomic mass is 19.1. The Labute approximate surface area is 143 Å². The molecule has 1 atom stereocenters. The largest absolute Gasteiger partial charge is 0.357 e. The molecular weight excluding hydrogens is 305 g/mol. The number of halogens is 1. The van der Waals surface area contributed by atoms with Gasteiger partial charge in [0.15, 0.2) is 5.96 Å². The van der Waals surface area contributed by atoms with E-state index >= 15 is 0 Å². The minimum absolute atomic E-state index is 0.0217. The molecule has 0 aliphatic heterocycles. The molecule has 2 N–H and O–H groups in total. The zero-order valence-electron chi connectivity index (χ0n) is 14.6. The van der Waals surface area contributed by atoms with Crippen LogP contribution in [-0.2, 0) is 6.54 Å². The van der Waals surface area contributed by atoms with Gasteiger partial charge in [0.1, 0.15) is 5.82 Å². The Balaban J connectivity index is 1.90. The first kappa shape index (κ1) is 18.0. The number of nitrogens with one attached hydrogen (secondary N) is 2. The van der Waals surface area contributed by atoms with Crippen LogP contribution in [0.1, 0.15) is 37.4 Å². The van der Waals surface area contributed by atoms with Crippen molar-refractivity contribution >= 4 is 5.96 Å². The second kappa shape index (κ2) is 9.05. The molecule has 2 rings (SSSR count). The van der Waals surface area contributed by atoms with E-state index in [4.69, 9.17) is 0 Å². The van der Waals surface area contributed by atoms with Gasteiger partial charge in [0.25, 0.3) is 0 Å². The monoisotopic (exact) mass is 331 g/mol. The van der Waals surface area contributed by atoms with Gasteiger partial charge < -0.3 is 15.2 Å². The van der Waals surface area contributed by atoms with E-state index in [-0.39, 0.29) is 11.9 Å². The molecule has 5 nitrogen and oxygen atoms in total. The zero-order valence-corrected chi connectivity index (χ0v) is 14.6. The van der Waals surface area contributed by atoms with Gasteiger partial charge in [-0.25, -0.2) is 9.37 Å². The summed E-state index contributed by atoms with van der Waals surface area (Å²) in [5.41, 5.74) is 1.56. The predicted molar refractivity (Wildman–Crippen MR) is 95.5 cm³/mol. The highest BCUT2D eigenvalue weighted by Gasteiger charge is 2.09. The molecule has 0 bridgehead atoms. The number of benzene rings is 1. The zero-order chi connectivity index (χ0) is 17.4. The SMILES string of the molecule is CCNC(=NCCCn1ccnc1)NC(C)c1ccc(C)c(F)c1. The predicted octanol–water partition coefficient (Wildman–Crippen LogP) is 3.04. The van der Waals surface area contributed by atoms with E-state index < -0.39 is 0 Å². The Hall–Kier alpha value is -2.37. The Bertz CT molecular complexity index is 651. The lowest BCUT2D eigenvalue weighted by Gasteiger charge is -2.18. The van der Waals surface area contributed by atoms with Gasteiger partial charge in [0.2, 0.25) is 0 Å². The molecule has 0 saturated heterocycles. The van der Waals surface area contributed by atoms with Gasteiger partial charge in [0, 0.05) is 32.0 Å². The lowest BCUT2D eigenvalue weighted by molar-refractivity contribution is 0.606. The van der Waals surface area contributed by atoms with Crippen molar-refractivity contribution in [3.05, 3.63) is 53.9 Å². The molecule has 0 aliphatic carbocycles. The highest BCUT2D eigenvalue weighted by molar-refractivity contribution is 5.80. The van der Waals surface area contributed by atoms with Crippen LogP contribution < -0.4 is 10.6 Å². The number of nitrogens with zero attached hydrogens (tertiary/aromatic N) is 3. The topological polar surface area (TPSA) is 54.2 Å². The summed E-state index contributed by atoms with van der Waals surface area (Å²) in [6.45, 7) is 8.18. The molecule has 0 amide bonds. The van der Waals surface area contributed by atoms with Gasteiger partial charge in [-0.15, -0.1) is 0 Å². The number of guanidine groups is 1. The second-order valence-electron chi connectivity index (χ2n) is 5.79. The third-order valence-electron chi connectivity index (χ3n) is 3.80. The van der Waals surface area contributed by atoms with Crippen LogP contribution in [-0.4, -0.2) is 28.6 Å². The van der Waals surface area contributed by atoms with E-state index in [0.29, 0.717) is 12.1 Å². The minimum Gasteiger partial charge on any atom is -0.357 e. The summed E-state index contributed by atoms with van der Waals surface area (Å²) in [5.74, 6) is 0.569. The molecule has 0 radical (unpaired) electrons. The smallest absolute Gasteiger partial charge is 0.191 e. The Morgan fingerprint density at radius 1 is 1.42 bits per heavy atom. The molecule has 6 heteroatoms. The maximum absolute atomic E-state index is 13.7. The van der Waals surface area contributed by atoms with Crippen molar-refractivity contribution in [2.45, 2.75) is 39.8 Å². The van der Waals surface area contributed by atoms with Crippen molar-refractivity contribution in [1.82, 2.24) is 20.2 Å². The van der Waals surface area contributed by atoms with Crippen molar-refractivity contribution in [1.29, 1.82) is 0 Å². The van der Waals surface area contributed by atoms with E-state index in [1.54, 1.807) is 31.6 Å². The molecule has 2 aromatic rings. The number of hydrogen-bond acceptors (Lipinski definition) is 2. The van der Waals surface area contributed by atoms with E-state index in [1.165, 1.54) is 0 Å². The molecule has 1 heterocycles. The average molecular weight is 331 g/mol. The summed E-state index contributed by atoms with van der Waals surface area (Å²) < 4.78 is 15.8. The van der Waals surface area contributed by atoms with E-state index in [9.17, 15) is 4.39 Å². The Morgan fingerprint density at radius 2 is 2.25 bits per heavy atom. The van der Waals surface area contributed by atoms with Gasteiger partial charge in [-0.3, -0.25) is 4.99 Å². The second-order valence-corrected chi connectivity index (χ2v) is 5.79. The van der Waals surface area contributed by atoms with Crippen molar-refractivity contribution in [3.8, 4) is 0 Å². The molecule has 0 spiro atoms. The van der Waals surface area contributed by atoms with Gasteiger partial charge in [0.05, 0.1) is 12.4 Å². The van der Waals surface area contributed by atoms with Crippen LogP contribution in [0, 0.1) is 12.7 Å². The van der Waals surface area contributed by atoms with Gasteiger partial charge in [-0.05, 0) is 44.4 Å². The van der Waals surface area contributed by atoms with Crippen LogP contribution in [0.2, 0.25) is 0 Å². The fourth-order valence-electron chi connectivity index (χ4n) is 2.35. The maximum Gasteiger partial charge on any atom is 0.191 e. The molecule has 1 aromatic heterocycles. The van der Waals surface area contributed by atoms with Crippen LogP contribution in [0.3, 0.4) is 0 Å². The average Bonchev–Trinajstić information content (AvgIpc) is 3.07. The highest BCUT2D eigenvalue weighted by Crippen LogP contribution is 2.16. The number of hydrogen-bond donors (Lipinski definition) is 2. The minimum atomic E-state index is -0.177. The summed E-state index contributed by atoms with van der Waals surface area (Å²) in [5, 5.41) is 6.56. The number of rotatable bonds is 7. The number of aliphatic imine (C=N–C) groups is 1. The molecule has 1 unspecified atom stereocenters. The fraction of sp³-hybridized carbons (Fsp3) is 0.444. The van der Waals surface area contributed by atoms with Crippen molar-refractivity contribution in [3.63, 3.8) is 0 Å². The molecule has 1 aromatic carbocycles.